The van der Waals surface area contributed by atoms with Crippen LogP contribution in [0.25, 0.3) is 0 Å². The van der Waals surface area contributed by atoms with E-state index in [-0.39, 0.29) is 12.3 Å². The van der Waals surface area contributed by atoms with E-state index in [1.54, 1.807) is 18.9 Å². The summed E-state index contributed by atoms with van der Waals surface area (Å²) in [7, 11) is 1.74. The number of aliphatic carboxylic acids is 1. The lowest BCUT2D eigenvalue weighted by Crippen LogP contribution is -2.42. The largest absolute Gasteiger partial charge is 0.481 e. The Morgan fingerprint density at radius 1 is 1.40 bits per heavy atom. The van der Waals surface area contributed by atoms with Crippen LogP contribution in [0.4, 0.5) is 5.69 Å². The number of carboxylic acid groups (broad SMARTS) is 1. The maximum atomic E-state index is 11.9. The predicted molar refractivity (Wildman–Crippen MR) is 75.1 cm³/mol. The maximum Gasteiger partial charge on any atom is 0.303 e. The van der Waals surface area contributed by atoms with Crippen LogP contribution in [0.15, 0.2) is 18.2 Å². The molecule has 0 saturated heterocycles. The van der Waals surface area contributed by atoms with Crippen molar-refractivity contribution in [2.75, 3.05) is 11.9 Å². The average Bonchev–Trinajstić information content (AvgIpc) is 2.41. The molecule has 0 aliphatic carbocycles. The molecule has 0 radical (unpaired) electrons. The molecule has 1 aromatic carbocycles. The van der Waals surface area contributed by atoms with Gasteiger partial charge in [-0.15, -0.1) is 0 Å². The molecule has 5 nitrogen and oxygen atoms in total. The summed E-state index contributed by atoms with van der Waals surface area (Å²) in [6, 6.07) is 5.79. The number of hydrogen-bond acceptors (Lipinski definition) is 3. The monoisotopic (exact) mass is 277 g/mol. The van der Waals surface area contributed by atoms with Crippen molar-refractivity contribution in [1.82, 2.24) is 0 Å². The normalized spacial score (nSPS) is 17.6. The van der Waals surface area contributed by atoms with E-state index in [0.29, 0.717) is 12.2 Å². The van der Waals surface area contributed by atoms with Gasteiger partial charge in [0.1, 0.15) is 5.75 Å². The molecule has 1 amide bonds. The summed E-state index contributed by atoms with van der Waals surface area (Å²) in [4.78, 5) is 23.9. The molecule has 0 fully saturated rings. The van der Waals surface area contributed by atoms with Gasteiger partial charge < -0.3 is 14.7 Å². The highest BCUT2D eigenvalue weighted by Crippen LogP contribution is 2.34. The van der Waals surface area contributed by atoms with Crippen molar-refractivity contribution in [3.05, 3.63) is 23.8 Å². The third-order valence-electron chi connectivity index (χ3n) is 3.47. The maximum absolute atomic E-state index is 11.9. The van der Waals surface area contributed by atoms with Gasteiger partial charge in [-0.25, -0.2) is 0 Å². The first-order valence-corrected chi connectivity index (χ1v) is 6.78. The Bertz CT molecular complexity index is 527. The summed E-state index contributed by atoms with van der Waals surface area (Å²) in [6.07, 6.45) is 2.03. The molecule has 1 aliphatic heterocycles. The molecule has 1 aromatic rings. The molecule has 1 atom stereocenters. The SMILES string of the molecule is CC1Oc2ccc(CCCCC(=O)O)cc2N(C)C1=O. The van der Waals surface area contributed by atoms with Crippen molar-refractivity contribution in [2.24, 2.45) is 0 Å². The van der Waals surface area contributed by atoms with Crippen LogP contribution in [0.2, 0.25) is 0 Å². The number of likely N-dealkylation sites (N-methyl/N-ethyl adjacent to an activating group) is 1. The fraction of sp³-hybridized carbons (Fsp3) is 0.467. The highest BCUT2D eigenvalue weighted by atomic mass is 16.5. The Morgan fingerprint density at radius 3 is 2.85 bits per heavy atom. The number of fused-ring (bicyclic) bond motifs is 1. The molecule has 1 aliphatic rings. The molecule has 2 rings (SSSR count). The number of amides is 1. The van der Waals surface area contributed by atoms with E-state index < -0.39 is 12.1 Å². The van der Waals surface area contributed by atoms with Crippen molar-refractivity contribution in [2.45, 2.75) is 38.7 Å². The first kappa shape index (κ1) is 14.4. The molecule has 0 aromatic heterocycles. The minimum Gasteiger partial charge on any atom is -0.481 e. The summed E-state index contributed by atoms with van der Waals surface area (Å²) in [6.45, 7) is 1.74. The lowest BCUT2D eigenvalue weighted by Gasteiger charge is -2.30. The third-order valence-corrected chi connectivity index (χ3v) is 3.47. The molecule has 0 spiro atoms. The lowest BCUT2D eigenvalue weighted by atomic mass is 10.0. The summed E-state index contributed by atoms with van der Waals surface area (Å²) >= 11 is 0. The predicted octanol–water partition coefficient (Wildman–Crippen LogP) is 2.23. The van der Waals surface area contributed by atoms with Gasteiger partial charge in [0.25, 0.3) is 5.91 Å². The Morgan fingerprint density at radius 2 is 2.15 bits per heavy atom. The van der Waals surface area contributed by atoms with E-state index in [4.69, 9.17) is 9.84 Å². The summed E-state index contributed by atoms with van der Waals surface area (Å²) < 4.78 is 5.56. The van der Waals surface area contributed by atoms with Gasteiger partial charge in [0.2, 0.25) is 0 Å². The van der Waals surface area contributed by atoms with Crippen LogP contribution >= 0.6 is 0 Å². The van der Waals surface area contributed by atoms with E-state index in [2.05, 4.69) is 0 Å². The Balaban J connectivity index is 2.04. The molecular formula is C15H19NO4. The summed E-state index contributed by atoms with van der Waals surface area (Å²) in [5.41, 5.74) is 1.87. The number of ether oxygens (including phenoxy) is 1. The fourth-order valence-electron chi connectivity index (χ4n) is 2.32. The van der Waals surface area contributed by atoms with Crippen LogP contribution in [-0.4, -0.2) is 30.1 Å². The number of carbonyl (C=O) groups excluding carboxylic acids is 1. The second kappa shape index (κ2) is 5.94. The number of aryl methyl sites for hydroxylation is 1. The van der Waals surface area contributed by atoms with Crippen LogP contribution < -0.4 is 9.64 Å². The van der Waals surface area contributed by atoms with Gasteiger partial charge >= 0.3 is 5.97 Å². The number of carbonyl (C=O) groups is 2. The standard InChI is InChI=1S/C15H19NO4/c1-10-15(19)16(2)12-9-11(7-8-13(12)20-10)5-3-4-6-14(17)18/h7-10H,3-6H2,1-2H3,(H,17,18). The van der Waals surface area contributed by atoms with Crippen LogP contribution in [0.3, 0.4) is 0 Å². The zero-order valence-corrected chi connectivity index (χ0v) is 11.8. The molecule has 5 heteroatoms. The van der Waals surface area contributed by atoms with Crippen LogP contribution in [0.1, 0.15) is 31.7 Å². The average molecular weight is 277 g/mol. The second-order valence-electron chi connectivity index (χ2n) is 5.06. The zero-order valence-electron chi connectivity index (χ0n) is 11.8. The third kappa shape index (κ3) is 3.10. The minimum absolute atomic E-state index is 0.0551. The van der Waals surface area contributed by atoms with E-state index in [1.807, 2.05) is 18.2 Å². The Labute approximate surface area is 118 Å². The zero-order chi connectivity index (χ0) is 14.7. The van der Waals surface area contributed by atoms with Crippen LogP contribution in [0.5, 0.6) is 5.75 Å². The number of unbranched alkanes of at least 4 members (excludes halogenated alkanes) is 1. The number of anilines is 1. The van der Waals surface area contributed by atoms with Crippen molar-refractivity contribution < 1.29 is 19.4 Å². The summed E-state index contributed by atoms with van der Waals surface area (Å²) in [5, 5.41) is 8.60. The molecule has 20 heavy (non-hydrogen) atoms. The Kier molecular flexibility index (Phi) is 4.27. The van der Waals surface area contributed by atoms with Gasteiger partial charge in [-0.3, -0.25) is 9.59 Å². The highest BCUT2D eigenvalue weighted by Gasteiger charge is 2.28. The molecule has 0 bridgehead atoms. The first-order chi connectivity index (χ1) is 9.49. The first-order valence-electron chi connectivity index (χ1n) is 6.78. The van der Waals surface area contributed by atoms with E-state index in [0.717, 1.165) is 24.1 Å². The van der Waals surface area contributed by atoms with Crippen molar-refractivity contribution in [1.29, 1.82) is 0 Å². The molecule has 108 valence electrons. The van der Waals surface area contributed by atoms with Crippen LogP contribution in [0, 0.1) is 0 Å². The summed E-state index contributed by atoms with van der Waals surface area (Å²) in [5.74, 6) is -0.0995. The van der Waals surface area contributed by atoms with Crippen molar-refractivity contribution in [3.63, 3.8) is 0 Å². The molecule has 1 unspecified atom stereocenters. The second-order valence-corrected chi connectivity index (χ2v) is 5.06. The van der Waals surface area contributed by atoms with E-state index in [9.17, 15) is 9.59 Å². The lowest BCUT2D eigenvalue weighted by molar-refractivity contribution is -0.137. The Hall–Kier alpha value is -2.04. The molecule has 1 N–H and O–H groups in total. The van der Waals surface area contributed by atoms with Gasteiger partial charge in [0.05, 0.1) is 5.69 Å². The van der Waals surface area contributed by atoms with Gasteiger partial charge in [-0.05, 0) is 43.9 Å². The van der Waals surface area contributed by atoms with Crippen molar-refractivity contribution >= 4 is 17.6 Å². The van der Waals surface area contributed by atoms with Crippen LogP contribution in [-0.2, 0) is 16.0 Å². The number of benzene rings is 1. The van der Waals surface area contributed by atoms with Crippen molar-refractivity contribution in [3.8, 4) is 5.75 Å². The minimum atomic E-state index is -0.761. The van der Waals surface area contributed by atoms with Gasteiger partial charge in [-0.2, -0.15) is 0 Å². The van der Waals surface area contributed by atoms with Gasteiger partial charge in [0, 0.05) is 13.5 Å². The molecule has 0 saturated carbocycles. The fourth-order valence-corrected chi connectivity index (χ4v) is 2.32. The number of hydrogen-bond donors (Lipinski definition) is 1. The van der Waals surface area contributed by atoms with E-state index >= 15 is 0 Å². The van der Waals surface area contributed by atoms with Gasteiger partial charge in [0.15, 0.2) is 6.10 Å². The number of rotatable bonds is 5. The smallest absolute Gasteiger partial charge is 0.303 e. The molecular weight excluding hydrogens is 258 g/mol. The van der Waals surface area contributed by atoms with Gasteiger partial charge in [-0.1, -0.05) is 6.07 Å². The quantitative estimate of drug-likeness (QED) is 0.838. The highest BCUT2D eigenvalue weighted by molar-refractivity contribution is 5.99. The van der Waals surface area contributed by atoms with E-state index in [1.165, 1.54) is 0 Å². The molecule has 1 heterocycles. The number of carboxylic acids is 1. The number of nitrogens with zero attached hydrogens (tertiary/aromatic N) is 1. The topological polar surface area (TPSA) is 66.8 Å².